The molecule has 26 heavy (non-hydrogen) atoms. The van der Waals surface area contributed by atoms with Crippen LogP contribution in [0.3, 0.4) is 0 Å². The van der Waals surface area contributed by atoms with Gasteiger partial charge in [-0.25, -0.2) is 13.1 Å². The molecule has 0 aliphatic carbocycles. The van der Waals surface area contributed by atoms with Gasteiger partial charge in [0, 0.05) is 37.9 Å². The third-order valence-electron chi connectivity index (χ3n) is 3.88. The molecular weight excluding hydrogens is 350 g/mol. The molecule has 1 amide bonds. The predicted molar refractivity (Wildman–Crippen MR) is 105 cm³/mol. The first kappa shape index (κ1) is 19.9. The second kappa shape index (κ2) is 9.35. The van der Waals surface area contributed by atoms with Crippen LogP contribution < -0.4 is 14.9 Å². The normalized spacial score (nSPS) is 11.2. The first-order valence-electron chi connectivity index (χ1n) is 8.59. The van der Waals surface area contributed by atoms with Crippen molar-refractivity contribution in [2.24, 2.45) is 0 Å². The molecule has 2 aromatic rings. The summed E-state index contributed by atoms with van der Waals surface area (Å²) in [5.74, 6) is -0.197. The van der Waals surface area contributed by atoms with E-state index in [0.29, 0.717) is 18.7 Å². The maximum absolute atomic E-state index is 12.3. The van der Waals surface area contributed by atoms with Crippen LogP contribution in [0.2, 0.25) is 0 Å². The van der Waals surface area contributed by atoms with E-state index in [9.17, 15) is 13.2 Å². The van der Waals surface area contributed by atoms with E-state index < -0.39 is 10.0 Å². The molecule has 0 spiro atoms. The van der Waals surface area contributed by atoms with Crippen molar-refractivity contribution >= 4 is 27.3 Å². The molecular formula is C19H25N3O3S. The molecule has 2 aromatic carbocycles. The van der Waals surface area contributed by atoms with Crippen molar-refractivity contribution in [3.8, 4) is 0 Å². The Hall–Kier alpha value is -2.38. The first-order chi connectivity index (χ1) is 12.4. The SMILES string of the molecule is CCN(CCCNS(=O)(=O)c1ccc(NC(C)=O)cc1)c1ccccc1. The lowest BCUT2D eigenvalue weighted by atomic mass is 10.2. The van der Waals surface area contributed by atoms with Gasteiger partial charge >= 0.3 is 0 Å². The van der Waals surface area contributed by atoms with Crippen LogP contribution in [0, 0.1) is 0 Å². The van der Waals surface area contributed by atoms with Crippen molar-refractivity contribution in [3.63, 3.8) is 0 Å². The monoisotopic (exact) mass is 375 g/mol. The molecule has 0 aliphatic heterocycles. The Morgan fingerprint density at radius 2 is 1.69 bits per heavy atom. The number of benzene rings is 2. The smallest absolute Gasteiger partial charge is 0.240 e. The lowest BCUT2D eigenvalue weighted by Gasteiger charge is -2.23. The van der Waals surface area contributed by atoms with Crippen molar-refractivity contribution in [3.05, 3.63) is 54.6 Å². The fourth-order valence-electron chi connectivity index (χ4n) is 2.59. The van der Waals surface area contributed by atoms with E-state index in [1.54, 1.807) is 12.1 Å². The highest BCUT2D eigenvalue weighted by atomic mass is 32.2. The molecule has 0 aromatic heterocycles. The minimum atomic E-state index is -3.56. The Kier molecular flexibility index (Phi) is 7.17. The van der Waals surface area contributed by atoms with E-state index in [4.69, 9.17) is 0 Å². The van der Waals surface area contributed by atoms with Crippen molar-refractivity contribution in [1.29, 1.82) is 0 Å². The molecule has 2 rings (SSSR count). The lowest BCUT2D eigenvalue weighted by molar-refractivity contribution is -0.114. The molecule has 2 N–H and O–H groups in total. The number of carbonyl (C=O) groups excluding carboxylic acids is 1. The molecule has 0 saturated heterocycles. The van der Waals surface area contributed by atoms with Gasteiger partial charge in [-0.05, 0) is 49.7 Å². The van der Waals surface area contributed by atoms with Crippen molar-refractivity contribution in [1.82, 2.24) is 4.72 Å². The van der Waals surface area contributed by atoms with Crippen LogP contribution in [0.1, 0.15) is 20.3 Å². The summed E-state index contributed by atoms with van der Waals surface area (Å²) in [6, 6.07) is 16.2. The number of hydrogen-bond donors (Lipinski definition) is 2. The molecule has 0 fully saturated rings. The van der Waals surface area contributed by atoms with Gasteiger partial charge in [-0.2, -0.15) is 0 Å². The van der Waals surface area contributed by atoms with E-state index >= 15 is 0 Å². The van der Waals surface area contributed by atoms with Gasteiger partial charge < -0.3 is 10.2 Å². The molecule has 140 valence electrons. The number of rotatable bonds is 9. The summed E-state index contributed by atoms with van der Waals surface area (Å²) in [5.41, 5.74) is 1.70. The van der Waals surface area contributed by atoms with E-state index in [0.717, 1.165) is 18.8 Å². The summed E-state index contributed by atoms with van der Waals surface area (Å²) < 4.78 is 27.3. The van der Waals surface area contributed by atoms with E-state index in [2.05, 4.69) is 21.9 Å². The van der Waals surface area contributed by atoms with Crippen LogP contribution in [-0.4, -0.2) is 34.0 Å². The quantitative estimate of drug-likeness (QED) is 0.661. The summed E-state index contributed by atoms with van der Waals surface area (Å²) in [7, 11) is -3.56. The Bertz CT molecular complexity index is 806. The van der Waals surface area contributed by atoms with Crippen LogP contribution in [0.5, 0.6) is 0 Å². The predicted octanol–water partition coefficient (Wildman–Crippen LogP) is 2.84. The second-order valence-electron chi connectivity index (χ2n) is 5.87. The fourth-order valence-corrected chi connectivity index (χ4v) is 3.66. The van der Waals surface area contributed by atoms with E-state index in [1.165, 1.54) is 19.1 Å². The van der Waals surface area contributed by atoms with Crippen LogP contribution in [0.15, 0.2) is 59.5 Å². The Balaban J connectivity index is 1.86. The molecule has 0 unspecified atom stereocenters. The number of nitrogens with one attached hydrogen (secondary N) is 2. The van der Waals surface area contributed by atoms with Gasteiger partial charge in [-0.3, -0.25) is 4.79 Å². The van der Waals surface area contributed by atoms with Gasteiger partial charge in [0.2, 0.25) is 15.9 Å². The highest BCUT2D eigenvalue weighted by molar-refractivity contribution is 7.89. The highest BCUT2D eigenvalue weighted by Gasteiger charge is 2.13. The van der Waals surface area contributed by atoms with Crippen molar-refractivity contribution in [2.75, 3.05) is 29.9 Å². The largest absolute Gasteiger partial charge is 0.372 e. The summed E-state index contributed by atoms with van der Waals surface area (Å²) in [4.78, 5) is 13.4. The minimum absolute atomic E-state index is 0.182. The van der Waals surface area contributed by atoms with Crippen LogP contribution >= 0.6 is 0 Å². The van der Waals surface area contributed by atoms with E-state index in [1.807, 2.05) is 30.3 Å². The average Bonchev–Trinajstić information content (AvgIpc) is 2.62. The third kappa shape index (κ3) is 5.86. The first-order valence-corrected chi connectivity index (χ1v) is 10.1. The van der Waals surface area contributed by atoms with Crippen molar-refractivity contribution < 1.29 is 13.2 Å². The standard InChI is InChI=1S/C19H25N3O3S/c1-3-22(18-8-5-4-6-9-18)15-7-14-20-26(24,25)19-12-10-17(11-13-19)21-16(2)23/h4-6,8-13,20H,3,7,14-15H2,1-2H3,(H,21,23). The zero-order chi connectivity index (χ0) is 19.0. The van der Waals surface area contributed by atoms with Gasteiger partial charge in [0.25, 0.3) is 0 Å². The fraction of sp³-hybridized carbons (Fsp3) is 0.316. The zero-order valence-corrected chi connectivity index (χ0v) is 15.9. The number of para-hydroxylation sites is 1. The molecule has 6 nitrogen and oxygen atoms in total. The number of amides is 1. The van der Waals surface area contributed by atoms with Crippen molar-refractivity contribution in [2.45, 2.75) is 25.2 Å². The van der Waals surface area contributed by atoms with E-state index in [-0.39, 0.29) is 10.8 Å². The lowest BCUT2D eigenvalue weighted by Crippen LogP contribution is -2.30. The number of carbonyl (C=O) groups is 1. The van der Waals surface area contributed by atoms with Gasteiger partial charge in [-0.1, -0.05) is 18.2 Å². The van der Waals surface area contributed by atoms with Crippen LogP contribution in [0.25, 0.3) is 0 Å². The number of sulfonamides is 1. The highest BCUT2D eigenvalue weighted by Crippen LogP contribution is 2.15. The number of hydrogen-bond acceptors (Lipinski definition) is 4. The summed E-state index contributed by atoms with van der Waals surface area (Å²) >= 11 is 0. The molecule has 7 heteroatoms. The Morgan fingerprint density at radius 1 is 1.04 bits per heavy atom. The third-order valence-corrected chi connectivity index (χ3v) is 5.36. The summed E-state index contributed by atoms with van der Waals surface area (Å²) in [6.07, 6.45) is 0.700. The zero-order valence-electron chi connectivity index (χ0n) is 15.1. The molecule has 0 radical (unpaired) electrons. The minimum Gasteiger partial charge on any atom is -0.372 e. The molecule has 0 bridgehead atoms. The maximum atomic E-state index is 12.3. The number of anilines is 2. The Labute approximate surface area is 155 Å². The molecule has 0 heterocycles. The molecule has 0 atom stereocenters. The van der Waals surface area contributed by atoms with Gasteiger partial charge in [0.15, 0.2) is 0 Å². The summed E-state index contributed by atoms with van der Waals surface area (Å²) in [6.45, 7) is 5.47. The molecule has 0 aliphatic rings. The summed E-state index contributed by atoms with van der Waals surface area (Å²) in [5, 5.41) is 2.61. The van der Waals surface area contributed by atoms with Crippen LogP contribution in [0.4, 0.5) is 11.4 Å². The second-order valence-corrected chi connectivity index (χ2v) is 7.64. The van der Waals surface area contributed by atoms with Gasteiger partial charge in [-0.15, -0.1) is 0 Å². The van der Waals surface area contributed by atoms with Gasteiger partial charge in [0.05, 0.1) is 4.90 Å². The maximum Gasteiger partial charge on any atom is 0.240 e. The van der Waals surface area contributed by atoms with Crippen LogP contribution in [-0.2, 0) is 14.8 Å². The average molecular weight is 375 g/mol. The number of nitrogens with zero attached hydrogens (tertiary/aromatic N) is 1. The van der Waals surface area contributed by atoms with Gasteiger partial charge in [0.1, 0.15) is 0 Å². The molecule has 0 saturated carbocycles. The topological polar surface area (TPSA) is 78.5 Å². The Morgan fingerprint density at radius 3 is 2.27 bits per heavy atom.